The highest BCUT2D eigenvalue weighted by Gasteiger charge is 2.48. The Morgan fingerprint density at radius 2 is 1.90 bits per heavy atom. The van der Waals surface area contributed by atoms with Crippen LogP contribution in [0, 0.1) is 0 Å². The molecule has 0 aromatic carbocycles. The van der Waals surface area contributed by atoms with Gasteiger partial charge in [0.2, 0.25) is 5.96 Å². The van der Waals surface area contributed by atoms with Crippen LogP contribution in [-0.2, 0) is 4.74 Å². The summed E-state index contributed by atoms with van der Waals surface area (Å²) in [7, 11) is 0. The number of fused-ring (bicyclic) bond motifs is 1. The molecule has 106 valence electrons. The van der Waals surface area contributed by atoms with Gasteiger partial charge in [0.1, 0.15) is 35.8 Å². The van der Waals surface area contributed by atoms with Crippen LogP contribution in [0.25, 0.3) is 0 Å². The smallest absolute Gasteiger partial charge is 0.222 e. The van der Waals surface area contributed by atoms with Crippen LogP contribution in [0.5, 0.6) is 0 Å². The van der Waals surface area contributed by atoms with E-state index < -0.39 is 31.0 Å². The molecule has 3 heterocycles. The number of aliphatic hydroxyl groups is 3. The average Bonchev–Trinajstić information content (AvgIpc) is 2.93. The molecule has 3 rings (SSSR count). The van der Waals surface area contributed by atoms with Gasteiger partial charge in [-0.25, -0.2) is 4.99 Å². The third kappa shape index (κ3) is 1.89. The lowest BCUT2D eigenvalue weighted by atomic mass is 9.99. The second-order valence-electron chi connectivity index (χ2n) is 4.43. The van der Waals surface area contributed by atoms with E-state index >= 15 is 0 Å². The first-order chi connectivity index (χ1) is 9.52. The minimum atomic E-state index is -1.25. The van der Waals surface area contributed by atoms with Crippen LogP contribution in [0.3, 0.4) is 0 Å². The normalized spacial score (nSPS) is 36.2. The van der Waals surface area contributed by atoms with Gasteiger partial charge in [0.25, 0.3) is 0 Å². The summed E-state index contributed by atoms with van der Waals surface area (Å²) in [6.07, 6.45) is -4.34. The topological polar surface area (TPSA) is 145 Å². The van der Waals surface area contributed by atoms with Gasteiger partial charge in [-0.2, -0.15) is 4.99 Å². The Morgan fingerprint density at radius 3 is 2.55 bits per heavy atom. The van der Waals surface area contributed by atoms with Crippen molar-refractivity contribution in [3.05, 3.63) is 0 Å². The van der Waals surface area contributed by atoms with Gasteiger partial charge in [-0.1, -0.05) is 12.2 Å². The lowest BCUT2D eigenvalue weighted by molar-refractivity contribution is -0.00981. The van der Waals surface area contributed by atoms with E-state index in [2.05, 4.69) is 20.2 Å². The Hall–Kier alpha value is -1.59. The van der Waals surface area contributed by atoms with E-state index in [9.17, 15) is 10.2 Å². The number of nitrogens with two attached hydrogens (primary N) is 1. The van der Waals surface area contributed by atoms with E-state index in [1.807, 2.05) is 0 Å². The summed E-state index contributed by atoms with van der Waals surface area (Å²) in [4.78, 5) is 7.94. The highest BCUT2D eigenvalue weighted by molar-refractivity contribution is 7.82. The highest BCUT2D eigenvalue weighted by atomic mass is 32.1. The SMILES string of the molecule is NC1=NC(=S)C2=NN=C([C@@H]3O[C@H](CO)[C@@H](O)[C@H]3O)C2=N1. The molecule has 0 aliphatic carbocycles. The standard InChI is InChI=1S/C10H11N5O4S/c11-10-12-3-4(14-15-5(3)9(20)13-10)8-7(18)6(17)2(1-16)19-8/h2,6-8,16-18H,1H2,(H2,11,13,20)/t2-,6-,7-,8+/m1/s1. The summed E-state index contributed by atoms with van der Waals surface area (Å²) in [5.74, 6) is -0.0368. The maximum atomic E-state index is 9.97. The number of aliphatic imine (C=N–C) groups is 2. The third-order valence-electron chi connectivity index (χ3n) is 3.18. The molecule has 1 fully saturated rings. The van der Waals surface area contributed by atoms with Crippen LogP contribution >= 0.6 is 12.2 Å². The average molecular weight is 297 g/mol. The first kappa shape index (κ1) is 13.4. The second-order valence-corrected chi connectivity index (χ2v) is 4.82. The van der Waals surface area contributed by atoms with E-state index in [1.54, 1.807) is 0 Å². The molecule has 4 atom stereocenters. The van der Waals surface area contributed by atoms with Crippen molar-refractivity contribution in [2.45, 2.75) is 24.4 Å². The van der Waals surface area contributed by atoms with Crippen LogP contribution < -0.4 is 5.73 Å². The lowest BCUT2D eigenvalue weighted by Crippen LogP contribution is -2.43. The number of hydrogen-bond acceptors (Lipinski definition) is 9. The van der Waals surface area contributed by atoms with E-state index in [0.717, 1.165) is 0 Å². The molecule has 3 aliphatic rings. The molecule has 10 heteroatoms. The van der Waals surface area contributed by atoms with Crippen molar-refractivity contribution >= 4 is 40.3 Å². The Kier molecular flexibility index (Phi) is 3.18. The van der Waals surface area contributed by atoms with Gasteiger partial charge >= 0.3 is 0 Å². The molecule has 0 spiro atoms. The molecular weight excluding hydrogens is 286 g/mol. The number of aliphatic hydroxyl groups excluding tert-OH is 3. The molecule has 0 unspecified atom stereocenters. The van der Waals surface area contributed by atoms with Crippen molar-refractivity contribution in [3.63, 3.8) is 0 Å². The van der Waals surface area contributed by atoms with Crippen molar-refractivity contribution in [2.24, 2.45) is 25.9 Å². The van der Waals surface area contributed by atoms with Gasteiger partial charge in [0.05, 0.1) is 6.61 Å². The fourth-order valence-electron chi connectivity index (χ4n) is 2.19. The predicted molar refractivity (Wildman–Crippen MR) is 74.3 cm³/mol. The summed E-state index contributed by atoms with van der Waals surface area (Å²) >= 11 is 5.00. The van der Waals surface area contributed by atoms with Crippen molar-refractivity contribution < 1.29 is 20.1 Å². The van der Waals surface area contributed by atoms with Crippen LogP contribution in [-0.4, -0.2) is 74.4 Å². The van der Waals surface area contributed by atoms with Crippen LogP contribution in [0.1, 0.15) is 0 Å². The van der Waals surface area contributed by atoms with Crippen LogP contribution in [0.15, 0.2) is 20.2 Å². The lowest BCUT2D eigenvalue weighted by Gasteiger charge is -2.16. The summed E-state index contributed by atoms with van der Waals surface area (Å²) < 4.78 is 5.38. The largest absolute Gasteiger partial charge is 0.394 e. The zero-order valence-corrected chi connectivity index (χ0v) is 10.9. The van der Waals surface area contributed by atoms with Gasteiger partial charge < -0.3 is 25.8 Å². The molecule has 0 aromatic rings. The minimum Gasteiger partial charge on any atom is -0.394 e. The van der Waals surface area contributed by atoms with Gasteiger partial charge in [-0.05, 0) is 0 Å². The van der Waals surface area contributed by atoms with E-state index in [1.165, 1.54) is 0 Å². The number of ether oxygens (including phenoxy) is 1. The Bertz CT molecular complexity index is 598. The number of hydrogen-bond donors (Lipinski definition) is 4. The Morgan fingerprint density at radius 1 is 1.15 bits per heavy atom. The second kappa shape index (κ2) is 4.75. The number of nitrogens with zero attached hydrogens (tertiary/aromatic N) is 4. The van der Waals surface area contributed by atoms with Crippen molar-refractivity contribution in [1.82, 2.24) is 0 Å². The van der Waals surface area contributed by atoms with Gasteiger partial charge in [0.15, 0.2) is 10.7 Å². The summed E-state index contributed by atoms with van der Waals surface area (Å²) in [6, 6.07) is 0. The molecule has 0 amide bonds. The first-order valence-electron chi connectivity index (χ1n) is 5.79. The monoisotopic (exact) mass is 297 g/mol. The highest BCUT2D eigenvalue weighted by Crippen LogP contribution is 2.25. The molecule has 9 nitrogen and oxygen atoms in total. The summed E-state index contributed by atoms with van der Waals surface area (Å²) in [6.45, 7) is -0.426. The van der Waals surface area contributed by atoms with Gasteiger partial charge in [0, 0.05) is 0 Å². The third-order valence-corrected chi connectivity index (χ3v) is 3.47. The number of thiocarbonyl (C=S) groups is 1. The minimum absolute atomic E-state index is 0.0368. The van der Waals surface area contributed by atoms with Crippen molar-refractivity contribution in [3.8, 4) is 0 Å². The maximum Gasteiger partial charge on any atom is 0.222 e. The van der Waals surface area contributed by atoms with Crippen molar-refractivity contribution in [1.29, 1.82) is 0 Å². The first-order valence-corrected chi connectivity index (χ1v) is 6.19. The van der Waals surface area contributed by atoms with Gasteiger partial charge in [-0.3, -0.25) is 0 Å². The molecule has 0 radical (unpaired) electrons. The van der Waals surface area contributed by atoms with Crippen molar-refractivity contribution in [2.75, 3.05) is 6.61 Å². The molecule has 3 aliphatic heterocycles. The summed E-state index contributed by atoms with van der Waals surface area (Å²) in [5, 5.41) is 36.5. The Labute approximate surface area is 118 Å². The fraction of sp³-hybridized carbons (Fsp3) is 0.500. The zero-order valence-electron chi connectivity index (χ0n) is 10.0. The predicted octanol–water partition coefficient (Wildman–Crippen LogP) is -2.62. The molecular formula is C10H11N5O4S. The zero-order chi connectivity index (χ0) is 14.4. The van der Waals surface area contributed by atoms with Crippen LogP contribution in [0.4, 0.5) is 0 Å². The molecule has 20 heavy (non-hydrogen) atoms. The fourth-order valence-corrected chi connectivity index (χ4v) is 2.42. The Balaban J connectivity index is 1.91. The summed E-state index contributed by atoms with van der Waals surface area (Å²) in [5.41, 5.74) is 6.30. The molecule has 5 N–H and O–H groups in total. The maximum absolute atomic E-state index is 9.97. The molecule has 0 aromatic heterocycles. The van der Waals surface area contributed by atoms with E-state index in [0.29, 0.717) is 0 Å². The van der Waals surface area contributed by atoms with E-state index in [4.69, 9.17) is 27.8 Å². The number of guanidine groups is 1. The quantitative estimate of drug-likeness (QED) is 0.410. The molecule has 1 saturated heterocycles. The number of rotatable bonds is 2. The molecule has 0 saturated carbocycles. The van der Waals surface area contributed by atoms with E-state index in [-0.39, 0.29) is 28.1 Å². The van der Waals surface area contributed by atoms with Crippen LogP contribution in [0.2, 0.25) is 0 Å². The molecule has 0 bridgehead atoms. The van der Waals surface area contributed by atoms with Gasteiger partial charge in [-0.15, -0.1) is 10.2 Å².